The maximum atomic E-state index is 10.7. The van der Waals surface area contributed by atoms with Crippen molar-refractivity contribution in [3.8, 4) is 5.75 Å². The molecular weight excluding hydrogens is 220 g/mol. The van der Waals surface area contributed by atoms with E-state index in [4.69, 9.17) is 14.6 Å². The summed E-state index contributed by atoms with van der Waals surface area (Å²) >= 11 is 0. The largest absolute Gasteiger partial charge is 0.478 e. The molecule has 0 aliphatic heterocycles. The summed E-state index contributed by atoms with van der Waals surface area (Å²) in [6.07, 6.45) is 4.94. The average molecular weight is 236 g/mol. The summed E-state index contributed by atoms with van der Waals surface area (Å²) in [5.41, 5.74) is 0.225. The fourth-order valence-electron chi connectivity index (χ4n) is 1.97. The van der Waals surface area contributed by atoms with Gasteiger partial charge in [-0.05, 0) is 31.0 Å². The molecule has 0 spiro atoms. The second-order valence-corrected chi connectivity index (χ2v) is 4.17. The molecule has 1 aromatic carbocycles. The van der Waals surface area contributed by atoms with Crippen LogP contribution in [-0.4, -0.2) is 24.0 Å². The molecule has 0 unspecified atom stereocenters. The molecule has 1 aliphatic carbocycles. The molecule has 1 aliphatic rings. The number of hydrogen-bond acceptors (Lipinski definition) is 3. The molecule has 4 nitrogen and oxygen atoms in total. The summed E-state index contributed by atoms with van der Waals surface area (Å²) in [6, 6.07) is 6.42. The van der Waals surface area contributed by atoms with Crippen molar-refractivity contribution in [1.29, 1.82) is 0 Å². The van der Waals surface area contributed by atoms with Crippen LogP contribution in [-0.2, 0) is 4.74 Å². The Labute approximate surface area is 100 Å². The molecule has 0 saturated heterocycles. The van der Waals surface area contributed by atoms with Gasteiger partial charge >= 0.3 is 5.97 Å². The second-order valence-electron chi connectivity index (χ2n) is 4.17. The number of hydrogen-bond donors (Lipinski definition) is 1. The molecule has 17 heavy (non-hydrogen) atoms. The Balaban J connectivity index is 1.81. The molecule has 0 aromatic heterocycles. The van der Waals surface area contributed by atoms with Gasteiger partial charge < -0.3 is 14.6 Å². The Hall–Kier alpha value is -1.55. The Kier molecular flexibility index (Phi) is 3.98. The fraction of sp³-hybridized carbons (Fsp3) is 0.462. The van der Waals surface area contributed by atoms with E-state index in [0.717, 1.165) is 12.8 Å². The van der Waals surface area contributed by atoms with Gasteiger partial charge in [-0.25, -0.2) is 4.79 Å². The Morgan fingerprint density at radius 3 is 2.82 bits per heavy atom. The first kappa shape index (κ1) is 11.9. The van der Waals surface area contributed by atoms with E-state index in [1.807, 2.05) is 0 Å². The van der Waals surface area contributed by atoms with Crippen LogP contribution in [0.15, 0.2) is 24.3 Å². The molecule has 1 aromatic rings. The van der Waals surface area contributed by atoms with Gasteiger partial charge in [0, 0.05) is 0 Å². The molecule has 1 fully saturated rings. The van der Waals surface area contributed by atoms with Crippen LogP contribution >= 0.6 is 0 Å². The number of ether oxygens (including phenoxy) is 2. The van der Waals surface area contributed by atoms with Crippen LogP contribution in [0.1, 0.15) is 36.0 Å². The molecule has 0 amide bonds. The van der Waals surface area contributed by atoms with E-state index in [9.17, 15) is 4.79 Å². The highest BCUT2D eigenvalue weighted by Gasteiger charge is 2.15. The van der Waals surface area contributed by atoms with Gasteiger partial charge in [0.25, 0.3) is 0 Å². The van der Waals surface area contributed by atoms with Gasteiger partial charge in [-0.3, -0.25) is 0 Å². The minimum Gasteiger partial charge on any atom is -0.478 e. The molecular formula is C13H16O4. The van der Waals surface area contributed by atoms with Crippen LogP contribution in [0.5, 0.6) is 5.75 Å². The SMILES string of the molecule is O=C(O)c1cccc(OCOC2CCCC2)c1. The van der Waals surface area contributed by atoms with E-state index in [2.05, 4.69) is 0 Å². The van der Waals surface area contributed by atoms with Crippen LogP contribution in [0.4, 0.5) is 0 Å². The van der Waals surface area contributed by atoms with Gasteiger partial charge in [0.1, 0.15) is 5.75 Å². The van der Waals surface area contributed by atoms with Gasteiger partial charge in [0.15, 0.2) is 6.79 Å². The smallest absolute Gasteiger partial charge is 0.335 e. The highest BCUT2D eigenvalue weighted by atomic mass is 16.7. The topological polar surface area (TPSA) is 55.8 Å². The highest BCUT2D eigenvalue weighted by Crippen LogP contribution is 2.21. The zero-order valence-electron chi connectivity index (χ0n) is 9.59. The number of carboxylic acids is 1. The lowest BCUT2D eigenvalue weighted by atomic mass is 10.2. The van der Waals surface area contributed by atoms with E-state index >= 15 is 0 Å². The molecule has 0 atom stereocenters. The van der Waals surface area contributed by atoms with Gasteiger partial charge in [-0.1, -0.05) is 18.9 Å². The van der Waals surface area contributed by atoms with Crippen LogP contribution in [0.2, 0.25) is 0 Å². The monoisotopic (exact) mass is 236 g/mol. The quantitative estimate of drug-likeness (QED) is 0.798. The zero-order chi connectivity index (χ0) is 12.1. The molecule has 0 heterocycles. The normalized spacial score (nSPS) is 16.0. The predicted molar refractivity (Wildman–Crippen MR) is 62.2 cm³/mol. The minimum atomic E-state index is -0.952. The predicted octanol–water partition coefficient (Wildman–Crippen LogP) is 2.68. The van der Waals surface area contributed by atoms with Crippen molar-refractivity contribution in [2.45, 2.75) is 31.8 Å². The van der Waals surface area contributed by atoms with E-state index in [-0.39, 0.29) is 12.4 Å². The summed E-state index contributed by atoms with van der Waals surface area (Å²) in [6.45, 7) is 0.188. The van der Waals surface area contributed by atoms with E-state index in [0.29, 0.717) is 11.9 Å². The third kappa shape index (κ3) is 3.46. The van der Waals surface area contributed by atoms with Gasteiger partial charge in [0.05, 0.1) is 11.7 Å². The number of benzene rings is 1. The summed E-state index contributed by atoms with van der Waals surface area (Å²) in [4.78, 5) is 10.7. The van der Waals surface area contributed by atoms with Crippen molar-refractivity contribution in [3.05, 3.63) is 29.8 Å². The lowest BCUT2D eigenvalue weighted by molar-refractivity contribution is -0.0325. The number of aromatic carboxylic acids is 1. The zero-order valence-corrected chi connectivity index (χ0v) is 9.59. The second kappa shape index (κ2) is 5.68. The average Bonchev–Trinajstić information content (AvgIpc) is 2.82. The van der Waals surface area contributed by atoms with Crippen LogP contribution < -0.4 is 4.74 Å². The van der Waals surface area contributed by atoms with Gasteiger partial charge in [0.2, 0.25) is 0 Å². The van der Waals surface area contributed by atoms with Crippen molar-refractivity contribution in [3.63, 3.8) is 0 Å². The number of carboxylic acid groups (broad SMARTS) is 1. The van der Waals surface area contributed by atoms with Crippen LogP contribution in [0.25, 0.3) is 0 Å². The standard InChI is InChI=1S/C13H16O4/c14-13(15)10-4-3-7-12(8-10)17-9-16-11-5-1-2-6-11/h3-4,7-8,11H,1-2,5-6,9H2,(H,14,15). The highest BCUT2D eigenvalue weighted by molar-refractivity contribution is 5.87. The summed E-state index contributed by atoms with van der Waals surface area (Å²) in [7, 11) is 0. The van der Waals surface area contributed by atoms with Crippen molar-refractivity contribution in [2.24, 2.45) is 0 Å². The van der Waals surface area contributed by atoms with Crippen molar-refractivity contribution in [1.82, 2.24) is 0 Å². The molecule has 1 saturated carbocycles. The third-order valence-corrected chi connectivity index (χ3v) is 2.91. The minimum absolute atomic E-state index is 0.188. The van der Waals surface area contributed by atoms with Crippen LogP contribution in [0, 0.1) is 0 Å². The Bertz CT molecular complexity index is 383. The first-order valence-electron chi connectivity index (χ1n) is 5.83. The first-order chi connectivity index (χ1) is 8.25. The first-order valence-corrected chi connectivity index (χ1v) is 5.83. The maximum Gasteiger partial charge on any atom is 0.335 e. The summed E-state index contributed by atoms with van der Waals surface area (Å²) < 4.78 is 10.9. The molecule has 0 radical (unpaired) electrons. The Morgan fingerprint density at radius 2 is 2.12 bits per heavy atom. The van der Waals surface area contributed by atoms with Gasteiger partial charge in [-0.2, -0.15) is 0 Å². The lowest BCUT2D eigenvalue weighted by Gasteiger charge is -2.12. The maximum absolute atomic E-state index is 10.7. The number of carbonyl (C=O) groups is 1. The molecule has 1 N–H and O–H groups in total. The molecule has 0 bridgehead atoms. The van der Waals surface area contributed by atoms with E-state index in [1.54, 1.807) is 12.1 Å². The van der Waals surface area contributed by atoms with Crippen LogP contribution in [0.3, 0.4) is 0 Å². The van der Waals surface area contributed by atoms with Crippen molar-refractivity contribution < 1.29 is 19.4 Å². The van der Waals surface area contributed by atoms with Crippen molar-refractivity contribution >= 4 is 5.97 Å². The third-order valence-electron chi connectivity index (χ3n) is 2.91. The summed E-state index contributed by atoms with van der Waals surface area (Å²) in [5, 5.41) is 8.82. The molecule has 92 valence electrons. The van der Waals surface area contributed by atoms with Crippen molar-refractivity contribution in [2.75, 3.05) is 6.79 Å². The summed E-state index contributed by atoms with van der Waals surface area (Å²) in [5.74, 6) is -0.421. The van der Waals surface area contributed by atoms with Gasteiger partial charge in [-0.15, -0.1) is 0 Å². The molecule has 4 heteroatoms. The number of rotatable bonds is 5. The van der Waals surface area contributed by atoms with E-state index in [1.165, 1.54) is 25.0 Å². The Morgan fingerprint density at radius 1 is 1.35 bits per heavy atom. The fourth-order valence-corrected chi connectivity index (χ4v) is 1.97. The van der Waals surface area contributed by atoms with E-state index < -0.39 is 5.97 Å². The molecule has 2 rings (SSSR count). The lowest BCUT2D eigenvalue weighted by Crippen LogP contribution is -2.12.